The number of carbonyl (C=O) groups excluding carboxylic acids is 2. The molecule has 1 aromatic heterocycles. The monoisotopic (exact) mass is 513 g/mol. The van der Waals surface area contributed by atoms with E-state index in [1.807, 2.05) is 66.7 Å². The molecule has 0 aliphatic heterocycles. The molecule has 0 atom stereocenters. The smallest absolute Gasteiger partial charge is 0.287 e. The van der Waals surface area contributed by atoms with Crippen molar-refractivity contribution in [2.24, 2.45) is 5.10 Å². The second kappa shape index (κ2) is 11.1. The van der Waals surface area contributed by atoms with Crippen LogP contribution in [0.2, 0.25) is 0 Å². The van der Waals surface area contributed by atoms with E-state index in [9.17, 15) is 9.59 Å². The van der Waals surface area contributed by atoms with E-state index in [-0.39, 0.29) is 5.70 Å². The second-order valence-corrected chi connectivity index (χ2v) is 8.11. The van der Waals surface area contributed by atoms with E-state index in [2.05, 4.69) is 31.8 Å². The molecule has 0 radical (unpaired) electrons. The average molecular weight is 514 g/mol. The van der Waals surface area contributed by atoms with Gasteiger partial charge in [0.15, 0.2) is 0 Å². The van der Waals surface area contributed by atoms with Crippen LogP contribution >= 0.6 is 15.9 Å². The summed E-state index contributed by atoms with van der Waals surface area (Å²) in [5.41, 5.74) is 4.63. The van der Waals surface area contributed by atoms with Gasteiger partial charge < -0.3 is 9.73 Å². The van der Waals surface area contributed by atoms with Crippen LogP contribution in [-0.4, -0.2) is 18.0 Å². The van der Waals surface area contributed by atoms with Gasteiger partial charge in [-0.25, -0.2) is 5.43 Å². The van der Waals surface area contributed by atoms with Crippen LogP contribution in [0.4, 0.5) is 0 Å². The average Bonchev–Trinajstić information content (AvgIpc) is 3.34. The van der Waals surface area contributed by atoms with Gasteiger partial charge in [0.1, 0.15) is 17.2 Å². The molecule has 0 spiro atoms. The Hall–Kier alpha value is -4.23. The zero-order valence-corrected chi connectivity index (χ0v) is 19.5. The Balaban J connectivity index is 1.47. The van der Waals surface area contributed by atoms with E-state index < -0.39 is 11.8 Å². The number of nitrogens with zero attached hydrogens (tertiary/aromatic N) is 1. The van der Waals surface area contributed by atoms with E-state index in [0.29, 0.717) is 17.1 Å². The fraction of sp³-hybridized carbons (Fsp3) is 0. The molecule has 4 aromatic rings. The van der Waals surface area contributed by atoms with E-state index in [4.69, 9.17) is 4.42 Å². The highest BCUT2D eigenvalue weighted by molar-refractivity contribution is 9.10. The minimum atomic E-state index is -0.566. The van der Waals surface area contributed by atoms with Crippen molar-refractivity contribution in [2.75, 3.05) is 0 Å². The molecule has 6 nitrogen and oxygen atoms in total. The zero-order chi connectivity index (χ0) is 23.8. The lowest BCUT2D eigenvalue weighted by Gasteiger charge is -2.09. The van der Waals surface area contributed by atoms with Crippen molar-refractivity contribution in [3.05, 3.63) is 124 Å². The molecular formula is C27H20BrN3O3. The van der Waals surface area contributed by atoms with Crippen LogP contribution in [0.5, 0.6) is 0 Å². The predicted octanol–water partition coefficient (Wildman–Crippen LogP) is 5.63. The number of carbonyl (C=O) groups is 2. The molecule has 0 saturated carbocycles. The van der Waals surface area contributed by atoms with Gasteiger partial charge in [-0.15, -0.1) is 0 Å². The quantitative estimate of drug-likeness (QED) is 0.191. The lowest BCUT2D eigenvalue weighted by atomic mass is 10.1. The van der Waals surface area contributed by atoms with Crippen molar-refractivity contribution >= 4 is 40.0 Å². The maximum atomic E-state index is 12.8. The molecule has 2 N–H and O–H groups in total. The molecule has 3 aromatic carbocycles. The summed E-state index contributed by atoms with van der Waals surface area (Å²) < 4.78 is 6.75. The van der Waals surface area contributed by atoms with Crippen LogP contribution in [-0.2, 0) is 4.79 Å². The molecule has 1 heterocycles. The molecule has 7 heteroatoms. The van der Waals surface area contributed by atoms with Crippen LogP contribution in [0.1, 0.15) is 21.7 Å². The van der Waals surface area contributed by atoms with E-state index in [1.165, 1.54) is 6.21 Å². The van der Waals surface area contributed by atoms with E-state index >= 15 is 0 Å². The molecular weight excluding hydrogens is 494 g/mol. The third-order valence-electron chi connectivity index (χ3n) is 4.75. The molecule has 0 fully saturated rings. The van der Waals surface area contributed by atoms with Crippen molar-refractivity contribution in [2.45, 2.75) is 0 Å². The Morgan fingerprint density at radius 3 is 2.21 bits per heavy atom. The fourth-order valence-electron chi connectivity index (χ4n) is 3.06. The molecule has 168 valence electrons. The van der Waals surface area contributed by atoms with Crippen molar-refractivity contribution in [3.63, 3.8) is 0 Å². The molecule has 0 bridgehead atoms. The second-order valence-electron chi connectivity index (χ2n) is 7.20. The van der Waals surface area contributed by atoms with Gasteiger partial charge in [-0.1, -0.05) is 76.6 Å². The van der Waals surface area contributed by atoms with Gasteiger partial charge in [0.2, 0.25) is 0 Å². The first-order valence-electron chi connectivity index (χ1n) is 10.4. The topological polar surface area (TPSA) is 83.7 Å². The van der Waals surface area contributed by atoms with Gasteiger partial charge >= 0.3 is 0 Å². The number of hydrazone groups is 1. The Morgan fingerprint density at radius 1 is 0.824 bits per heavy atom. The SMILES string of the molecule is O=C(NN=Cc1ccc(-c2ccc(Br)cc2)o1)C(=Cc1ccccc1)NC(=O)c1ccccc1. The number of halogens is 1. The zero-order valence-electron chi connectivity index (χ0n) is 17.9. The Bertz CT molecular complexity index is 1330. The predicted molar refractivity (Wildman–Crippen MR) is 136 cm³/mol. The maximum Gasteiger partial charge on any atom is 0.287 e. The first kappa shape index (κ1) is 22.9. The summed E-state index contributed by atoms with van der Waals surface area (Å²) >= 11 is 3.41. The van der Waals surface area contributed by atoms with Crippen LogP contribution in [0.15, 0.2) is 117 Å². The largest absolute Gasteiger partial charge is 0.455 e. The summed E-state index contributed by atoms with van der Waals surface area (Å²) in [6.07, 6.45) is 2.99. The first-order valence-corrected chi connectivity index (χ1v) is 11.2. The lowest BCUT2D eigenvalue weighted by Crippen LogP contribution is -2.32. The summed E-state index contributed by atoms with van der Waals surface area (Å²) in [6.45, 7) is 0. The normalized spacial score (nSPS) is 11.4. The lowest BCUT2D eigenvalue weighted by molar-refractivity contribution is -0.117. The number of rotatable bonds is 7. The molecule has 0 saturated heterocycles. The number of hydrogen-bond donors (Lipinski definition) is 2. The van der Waals surface area contributed by atoms with Gasteiger partial charge in [0, 0.05) is 15.6 Å². The number of furan rings is 1. The Kier molecular flexibility index (Phi) is 7.47. The third-order valence-corrected chi connectivity index (χ3v) is 5.28. The molecule has 0 unspecified atom stereocenters. The molecule has 4 rings (SSSR count). The van der Waals surface area contributed by atoms with Crippen molar-refractivity contribution in [1.29, 1.82) is 0 Å². The van der Waals surface area contributed by atoms with Gasteiger partial charge in [-0.2, -0.15) is 5.10 Å². The minimum Gasteiger partial charge on any atom is -0.455 e. The van der Waals surface area contributed by atoms with E-state index in [0.717, 1.165) is 15.6 Å². The number of amides is 2. The fourth-order valence-corrected chi connectivity index (χ4v) is 3.33. The molecule has 34 heavy (non-hydrogen) atoms. The van der Waals surface area contributed by atoms with Gasteiger partial charge in [-0.05, 0) is 48.0 Å². The van der Waals surface area contributed by atoms with Gasteiger partial charge in [0.25, 0.3) is 11.8 Å². The highest BCUT2D eigenvalue weighted by atomic mass is 79.9. The van der Waals surface area contributed by atoms with Crippen molar-refractivity contribution in [3.8, 4) is 11.3 Å². The number of nitrogens with one attached hydrogen (secondary N) is 2. The summed E-state index contributed by atoms with van der Waals surface area (Å²) in [6, 6.07) is 29.2. The highest BCUT2D eigenvalue weighted by Crippen LogP contribution is 2.23. The van der Waals surface area contributed by atoms with Crippen LogP contribution in [0.25, 0.3) is 17.4 Å². The van der Waals surface area contributed by atoms with Crippen molar-refractivity contribution in [1.82, 2.24) is 10.7 Å². The Labute approximate surface area is 205 Å². The number of hydrogen-bond acceptors (Lipinski definition) is 4. The summed E-state index contributed by atoms with van der Waals surface area (Å²) in [5.74, 6) is 0.191. The summed E-state index contributed by atoms with van der Waals surface area (Å²) in [7, 11) is 0. The Morgan fingerprint density at radius 2 is 1.50 bits per heavy atom. The number of benzene rings is 3. The maximum absolute atomic E-state index is 12.8. The van der Waals surface area contributed by atoms with Crippen LogP contribution in [0, 0.1) is 0 Å². The molecule has 0 aliphatic rings. The minimum absolute atomic E-state index is 0.0622. The standard InChI is InChI=1S/C27H20BrN3O3/c28-22-13-11-20(12-14-22)25-16-15-23(34-25)18-29-31-27(33)24(17-19-7-3-1-4-8-19)30-26(32)21-9-5-2-6-10-21/h1-18H,(H,30,32)(H,31,33). The van der Waals surface area contributed by atoms with Crippen LogP contribution in [0.3, 0.4) is 0 Å². The van der Waals surface area contributed by atoms with E-state index in [1.54, 1.807) is 36.4 Å². The molecule has 2 amide bonds. The summed E-state index contributed by atoms with van der Waals surface area (Å²) in [4.78, 5) is 25.4. The van der Waals surface area contributed by atoms with Gasteiger partial charge in [-0.3, -0.25) is 9.59 Å². The highest BCUT2D eigenvalue weighted by Gasteiger charge is 2.14. The first-order chi connectivity index (χ1) is 16.6. The van der Waals surface area contributed by atoms with Crippen molar-refractivity contribution < 1.29 is 14.0 Å². The third kappa shape index (κ3) is 6.17. The van der Waals surface area contributed by atoms with Crippen LogP contribution < -0.4 is 10.7 Å². The molecule has 0 aliphatic carbocycles. The van der Waals surface area contributed by atoms with Gasteiger partial charge in [0.05, 0.1) is 6.21 Å². The summed E-state index contributed by atoms with van der Waals surface area (Å²) in [5, 5.41) is 6.66.